The van der Waals surface area contributed by atoms with E-state index in [1.807, 2.05) is 0 Å². The normalized spacial score (nSPS) is 52.9. The quantitative estimate of drug-likeness (QED) is 0.681. The summed E-state index contributed by atoms with van der Waals surface area (Å²) in [7, 11) is 0. The van der Waals surface area contributed by atoms with Gasteiger partial charge in [0.25, 0.3) is 0 Å². The number of hydrogen-bond acceptors (Lipinski definition) is 2. The zero-order chi connectivity index (χ0) is 14.2. The molecule has 0 unspecified atom stereocenters. The molecular weight excluding hydrogens is 250 g/mol. The Morgan fingerprint density at radius 1 is 1.20 bits per heavy atom. The third kappa shape index (κ3) is 1.48. The predicted octanol–water partition coefficient (Wildman–Crippen LogP) is 3.04. The Bertz CT molecular complexity index is 446. The van der Waals surface area contributed by atoms with E-state index in [1.54, 1.807) is 0 Å². The van der Waals surface area contributed by atoms with E-state index in [-0.39, 0.29) is 17.7 Å². The van der Waals surface area contributed by atoms with Gasteiger partial charge in [0, 0.05) is 23.3 Å². The van der Waals surface area contributed by atoms with Gasteiger partial charge in [0.2, 0.25) is 5.91 Å². The van der Waals surface area contributed by atoms with Crippen molar-refractivity contribution in [1.82, 2.24) is 4.90 Å². The van der Waals surface area contributed by atoms with E-state index in [9.17, 15) is 4.79 Å². The predicted molar refractivity (Wildman–Crippen MR) is 76.9 cm³/mol. The first-order valence-corrected chi connectivity index (χ1v) is 8.40. The summed E-state index contributed by atoms with van der Waals surface area (Å²) in [4.78, 5) is 14.9. The summed E-state index contributed by atoms with van der Waals surface area (Å²) in [5.74, 6) is 3.02. The monoisotopic (exact) mass is 277 g/mol. The van der Waals surface area contributed by atoms with E-state index in [2.05, 4.69) is 32.6 Å². The second kappa shape index (κ2) is 4.00. The molecule has 4 aliphatic rings. The van der Waals surface area contributed by atoms with Crippen LogP contribution in [0.25, 0.3) is 0 Å². The van der Waals surface area contributed by atoms with Gasteiger partial charge in [0.15, 0.2) is 0 Å². The Labute approximate surface area is 122 Å². The van der Waals surface area contributed by atoms with Gasteiger partial charge in [-0.1, -0.05) is 20.3 Å². The molecule has 0 aromatic heterocycles. The van der Waals surface area contributed by atoms with Crippen molar-refractivity contribution in [3.8, 4) is 0 Å². The molecule has 0 bridgehead atoms. The SMILES string of the molecule is C[C@@H]1CC[C@@H]2[C@@H](C1)O[C@H]1[C@H]3[C@H](C)C[C@@H]3C(=O)N1C2(C)C. The summed E-state index contributed by atoms with van der Waals surface area (Å²) in [6, 6.07) is 0. The molecule has 0 aromatic rings. The topological polar surface area (TPSA) is 29.5 Å². The van der Waals surface area contributed by atoms with Crippen LogP contribution in [0.2, 0.25) is 0 Å². The van der Waals surface area contributed by atoms with Crippen molar-refractivity contribution in [2.45, 2.75) is 71.2 Å². The fraction of sp³-hybridized carbons (Fsp3) is 0.941. The van der Waals surface area contributed by atoms with Crippen molar-refractivity contribution in [2.75, 3.05) is 0 Å². The smallest absolute Gasteiger partial charge is 0.228 e. The van der Waals surface area contributed by atoms with Gasteiger partial charge in [-0.05, 0) is 44.9 Å². The summed E-state index contributed by atoms with van der Waals surface area (Å²) < 4.78 is 6.50. The molecular formula is C17H27NO2. The number of nitrogens with zero attached hydrogens (tertiary/aromatic N) is 1. The van der Waals surface area contributed by atoms with Gasteiger partial charge in [-0.15, -0.1) is 0 Å². The minimum atomic E-state index is -0.0259. The van der Waals surface area contributed by atoms with E-state index in [1.165, 1.54) is 19.3 Å². The van der Waals surface area contributed by atoms with Gasteiger partial charge >= 0.3 is 0 Å². The van der Waals surface area contributed by atoms with Gasteiger partial charge in [-0.2, -0.15) is 0 Å². The maximum Gasteiger partial charge on any atom is 0.228 e. The van der Waals surface area contributed by atoms with Crippen LogP contribution in [-0.2, 0) is 9.53 Å². The highest BCUT2D eigenvalue weighted by molar-refractivity contribution is 5.84. The van der Waals surface area contributed by atoms with Crippen LogP contribution in [0.1, 0.15) is 53.4 Å². The van der Waals surface area contributed by atoms with Crippen LogP contribution in [0.15, 0.2) is 0 Å². The van der Waals surface area contributed by atoms with E-state index in [0.29, 0.717) is 29.8 Å². The Morgan fingerprint density at radius 2 is 1.95 bits per heavy atom. The average Bonchev–Trinajstić information content (AvgIpc) is 2.56. The van der Waals surface area contributed by atoms with Crippen LogP contribution in [0.4, 0.5) is 0 Å². The van der Waals surface area contributed by atoms with E-state index >= 15 is 0 Å². The molecule has 112 valence electrons. The number of hydrogen-bond donors (Lipinski definition) is 0. The summed E-state index contributed by atoms with van der Waals surface area (Å²) in [5.41, 5.74) is -0.0259. The number of amides is 1. The zero-order valence-electron chi connectivity index (χ0n) is 13.1. The molecule has 2 saturated carbocycles. The van der Waals surface area contributed by atoms with Crippen LogP contribution >= 0.6 is 0 Å². The molecule has 0 N–H and O–H groups in total. The molecule has 2 aliphatic carbocycles. The van der Waals surface area contributed by atoms with E-state index in [0.717, 1.165) is 12.3 Å². The van der Waals surface area contributed by atoms with Gasteiger partial charge in [-0.25, -0.2) is 0 Å². The minimum Gasteiger partial charge on any atom is -0.354 e. The number of fused-ring (bicyclic) bond motifs is 4. The van der Waals surface area contributed by atoms with Crippen LogP contribution < -0.4 is 0 Å². The van der Waals surface area contributed by atoms with Gasteiger partial charge in [0.05, 0.1) is 6.10 Å². The molecule has 2 saturated heterocycles. The fourth-order valence-corrected chi connectivity index (χ4v) is 5.55. The highest BCUT2D eigenvalue weighted by Gasteiger charge is 2.64. The third-order valence-corrected chi connectivity index (χ3v) is 6.78. The van der Waals surface area contributed by atoms with Crippen molar-refractivity contribution < 1.29 is 9.53 Å². The lowest BCUT2D eigenvalue weighted by molar-refractivity contribution is -0.234. The molecule has 4 fully saturated rings. The molecule has 7 atom stereocenters. The fourth-order valence-electron chi connectivity index (χ4n) is 5.55. The van der Waals surface area contributed by atoms with Crippen molar-refractivity contribution in [3.05, 3.63) is 0 Å². The lowest BCUT2D eigenvalue weighted by atomic mass is 9.66. The number of ether oxygens (including phenoxy) is 1. The summed E-state index contributed by atoms with van der Waals surface area (Å²) in [6.45, 7) is 9.18. The van der Waals surface area contributed by atoms with Crippen LogP contribution in [-0.4, -0.2) is 28.7 Å². The number of carbonyl (C=O) groups is 1. The Morgan fingerprint density at radius 3 is 2.65 bits per heavy atom. The third-order valence-electron chi connectivity index (χ3n) is 6.78. The number of carbonyl (C=O) groups excluding carboxylic acids is 1. The first-order valence-electron chi connectivity index (χ1n) is 8.40. The van der Waals surface area contributed by atoms with Gasteiger partial charge in [0.1, 0.15) is 6.23 Å². The summed E-state index contributed by atoms with van der Waals surface area (Å²) >= 11 is 0. The van der Waals surface area contributed by atoms with Crippen LogP contribution in [0, 0.1) is 29.6 Å². The van der Waals surface area contributed by atoms with Crippen molar-refractivity contribution in [1.29, 1.82) is 0 Å². The molecule has 2 aliphatic heterocycles. The van der Waals surface area contributed by atoms with Gasteiger partial charge < -0.3 is 9.64 Å². The van der Waals surface area contributed by atoms with Crippen LogP contribution in [0.5, 0.6) is 0 Å². The molecule has 3 nitrogen and oxygen atoms in total. The van der Waals surface area contributed by atoms with Crippen molar-refractivity contribution in [3.63, 3.8) is 0 Å². The van der Waals surface area contributed by atoms with Gasteiger partial charge in [-0.3, -0.25) is 4.79 Å². The highest BCUT2D eigenvalue weighted by atomic mass is 16.5. The zero-order valence-corrected chi connectivity index (χ0v) is 13.1. The molecule has 20 heavy (non-hydrogen) atoms. The summed E-state index contributed by atoms with van der Waals surface area (Å²) in [6.07, 6.45) is 5.18. The molecule has 0 aromatic carbocycles. The second-order valence-electron chi connectivity index (χ2n) is 8.35. The first-order chi connectivity index (χ1) is 9.41. The molecule has 4 rings (SSSR count). The average molecular weight is 277 g/mol. The maximum atomic E-state index is 12.7. The van der Waals surface area contributed by atoms with E-state index < -0.39 is 0 Å². The molecule has 3 heteroatoms. The molecule has 0 radical (unpaired) electrons. The Hall–Kier alpha value is -0.570. The molecule has 2 heterocycles. The highest BCUT2D eigenvalue weighted by Crippen LogP contribution is 2.57. The Balaban J connectivity index is 1.69. The largest absolute Gasteiger partial charge is 0.354 e. The molecule has 0 spiro atoms. The Kier molecular flexibility index (Phi) is 2.62. The standard InChI is InChI=1S/C17H27NO2/c1-9-5-6-12-13(7-9)20-16-14-10(2)8-11(14)15(19)18(16)17(12,3)4/h9-14,16H,5-8H2,1-4H3/t9-,10-,11+,12-,13-,14+,16+/m1/s1. The minimum absolute atomic E-state index is 0.0259. The number of rotatable bonds is 0. The lowest BCUT2D eigenvalue weighted by Gasteiger charge is -2.56. The van der Waals surface area contributed by atoms with Crippen molar-refractivity contribution >= 4 is 5.91 Å². The van der Waals surface area contributed by atoms with E-state index in [4.69, 9.17) is 4.74 Å². The lowest BCUT2D eigenvalue weighted by Crippen LogP contribution is -2.64. The van der Waals surface area contributed by atoms with Crippen LogP contribution in [0.3, 0.4) is 0 Å². The molecule has 1 amide bonds. The maximum absolute atomic E-state index is 12.7. The second-order valence-corrected chi connectivity index (χ2v) is 8.35. The van der Waals surface area contributed by atoms with Crippen molar-refractivity contribution in [2.24, 2.45) is 29.6 Å². The first kappa shape index (κ1) is 13.1. The summed E-state index contributed by atoms with van der Waals surface area (Å²) in [5, 5.41) is 0.